The van der Waals surface area contributed by atoms with Crippen LogP contribution in [0, 0.1) is 21.4 Å². The lowest BCUT2D eigenvalue weighted by molar-refractivity contribution is -0.386. The maximum atomic E-state index is 11.7. The highest BCUT2D eigenvalue weighted by Crippen LogP contribution is 2.36. The lowest BCUT2D eigenvalue weighted by atomic mass is 10.0. The molecule has 1 atom stereocenters. The van der Waals surface area contributed by atoms with Crippen LogP contribution in [-0.4, -0.2) is 29.6 Å². The second-order valence-corrected chi connectivity index (χ2v) is 3.84. The second kappa shape index (κ2) is 6.68. The van der Waals surface area contributed by atoms with Gasteiger partial charge in [0.15, 0.2) is 11.6 Å². The van der Waals surface area contributed by atoms with E-state index in [0.717, 1.165) is 6.07 Å². The summed E-state index contributed by atoms with van der Waals surface area (Å²) in [6.07, 6.45) is 0. The highest BCUT2D eigenvalue weighted by molar-refractivity contribution is 6.29. The molecule has 20 heavy (non-hydrogen) atoms. The predicted molar refractivity (Wildman–Crippen MR) is 67.4 cm³/mol. The zero-order chi connectivity index (χ0) is 15.3. The Morgan fingerprint density at radius 1 is 1.70 bits per heavy atom. The van der Waals surface area contributed by atoms with Crippen molar-refractivity contribution in [3.63, 3.8) is 0 Å². The van der Waals surface area contributed by atoms with Gasteiger partial charge in [0, 0.05) is 6.07 Å². The number of carbonyl (C=O) groups is 1. The van der Waals surface area contributed by atoms with E-state index in [2.05, 4.69) is 9.72 Å². The number of pyridine rings is 1. The van der Waals surface area contributed by atoms with E-state index in [1.54, 1.807) is 13.0 Å². The molecule has 9 heteroatoms. The fourth-order valence-corrected chi connectivity index (χ4v) is 1.68. The van der Waals surface area contributed by atoms with Gasteiger partial charge in [0.05, 0.1) is 24.7 Å². The first-order valence-electron chi connectivity index (χ1n) is 5.41. The molecule has 1 heterocycles. The largest absolute Gasteiger partial charge is 0.490 e. The molecule has 0 amide bonds. The van der Waals surface area contributed by atoms with E-state index in [4.69, 9.17) is 21.6 Å². The SMILES string of the molecule is CCOC(=O)C(C#N)c1nc(Cl)cc(OC)c1[N+](=O)[O-]. The molecule has 1 aromatic rings. The average molecular weight is 300 g/mol. The summed E-state index contributed by atoms with van der Waals surface area (Å²) in [6.45, 7) is 1.58. The summed E-state index contributed by atoms with van der Waals surface area (Å²) in [6, 6.07) is 2.75. The fraction of sp³-hybridized carbons (Fsp3) is 0.364. The van der Waals surface area contributed by atoms with Gasteiger partial charge >= 0.3 is 11.7 Å². The van der Waals surface area contributed by atoms with Crippen molar-refractivity contribution < 1.29 is 19.2 Å². The van der Waals surface area contributed by atoms with E-state index < -0.39 is 28.2 Å². The minimum absolute atomic E-state index is 0.0303. The summed E-state index contributed by atoms with van der Waals surface area (Å²) in [5, 5.41) is 20.0. The summed E-state index contributed by atoms with van der Waals surface area (Å²) < 4.78 is 9.52. The summed E-state index contributed by atoms with van der Waals surface area (Å²) in [5.74, 6) is -2.67. The highest BCUT2D eigenvalue weighted by Gasteiger charge is 2.34. The van der Waals surface area contributed by atoms with Crippen LogP contribution < -0.4 is 4.74 Å². The molecule has 0 N–H and O–H groups in total. The average Bonchev–Trinajstić information content (AvgIpc) is 2.38. The number of carbonyl (C=O) groups excluding carboxylic acids is 1. The Kier molecular flexibility index (Phi) is 5.23. The number of nitrogens with zero attached hydrogens (tertiary/aromatic N) is 3. The molecule has 0 aliphatic carbocycles. The Balaban J connectivity index is 3.49. The van der Waals surface area contributed by atoms with E-state index in [0.29, 0.717) is 0 Å². The molecule has 0 saturated carbocycles. The minimum Gasteiger partial charge on any atom is -0.490 e. The van der Waals surface area contributed by atoms with Crippen molar-refractivity contribution in [2.75, 3.05) is 13.7 Å². The number of ether oxygens (including phenoxy) is 2. The van der Waals surface area contributed by atoms with Crippen LogP contribution in [0.3, 0.4) is 0 Å². The molecule has 0 aliphatic rings. The Labute approximate surface area is 119 Å². The molecule has 1 aromatic heterocycles. The highest BCUT2D eigenvalue weighted by atomic mass is 35.5. The Bertz CT molecular complexity index is 584. The van der Waals surface area contributed by atoms with E-state index in [-0.39, 0.29) is 17.5 Å². The normalized spacial score (nSPS) is 11.3. The molecular weight excluding hydrogens is 290 g/mol. The van der Waals surface area contributed by atoms with Gasteiger partial charge in [-0.15, -0.1) is 0 Å². The Morgan fingerprint density at radius 2 is 2.35 bits per heavy atom. The van der Waals surface area contributed by atoms with Crippen molar-refractivity contribution in [1.82, 2.24) is 4.98 Å². The summed E-state index contributed by atoms with van der Waals surface area (Å²) in [4.78, 5) is 25.7. The Morgan fingerprint density at radius 3 is 2.80 bits per heavy atom. The number of hydrogen-bond donors (Lipinski definition) is 0. The van der Waals surface area contributed by atoms with Crippen molar-refractivity contribution in [2.45, 2.75) is 12.8 Å². The molecule has 0 radical (unpaired) electrons. The number of halogens is 1. The molecule has 0 fully saturated rings. The monoisotopic (exact) mass is 299 g/mol. The van der Waals surface area contributed by atoms with Crippen LogP contribution in [0.25, 0.3) is 0 Å². The van der Waals surface area contributed by atoms with Gasteiger partial charge in [-0.25, -0.2) is 4.98 Å². The number of methoxy groups -OCH3 is 1. The van der Waals surface area contributed by atoms with Gasteiger partial charge in [0.2, 0.25) is 5.75 Å². The third-order valence-electron chi connectivity index (χ3n) is 2.28. The summed E-state index contributed by atoms with van der Waals surface area (Å²) >= 11 is 5.71. The van der Waals surface area contributed by atoms with Crippen molar-refractivity contribution in [2.24, 2.45) is 0 Å². The maximum absolute atomic E-state index is 11.7. The molecule has 0 saturated heterocycles. The van der Waals surface area contributed by atoms with Crippen molar-refractivity contribution in [1.29, 1.82) is 5.26 Å². The van der Waals surface area contributed by atoms with Gasteiger partial charge in [0.1, 0.15) is 5.15 Å². The lowest BCUT2D eigenvalue weighted by Crippen LogP contribution is -2.17. The number of nitro groups is 1. The molecule has 1 rings (SSSR count). The molecule has 0 spiro atoms. The first kappa shape index (κ1) is 15.7. The van der Waals surface area contributed by atoms with Crippen LogP contribution in [0.2, 0.25) is 5.15 Å². The number of rotatable bonds is 5. The summed E-state index contributed by atoms with van der Waals surface area (Å²) in [7, 11) is 1.20. The lowest BCUT2D eigenvalue weighted by Gasteiger charge is -2.10. The topological polar surface area (TPSA) is 115 Å². The smallest absolute Gasteiger partial charge is 0.334 e. The molecule has 0 aliphatic heterocycles. The number of aromatic nitrogens is 1. The molecule has 8 nitrogen and oxygen atoms in total. The van der Waals surface area contributed by atoms with E-state index in [1.165, 1.54) is 7.11 Å². The maximum Gasteiger partial charge on any atom is 0.334 e. The zero-order valence-electron chi connectivity index (χ0n) is 10.6. The van der Waals surface area contributed by atoms with Crippen LogP contribution in [-0.2, 0) is 9.53 Å². The van der Waals surface area contributed by atoms with Crippen LogP contribution in [0.15, 0.2) is 6.07 Å². The quantitative estimate of drug-likeness (QED) is 0.352. The van der Waals surface area contributed by atoms with Gasteiger partial charge in [-0.1, -0.05) is 11.6 Å². The van der Waals surface area contributed by atoms with Crippen molar-refractivity contribution >= 4 is 23.3 Å². The van der Waals surface area contributed by atoms with Gasteiger partial charge in [-0.2, -0.15) is 5.26 Å². The first-order valence-corrected chi connectivity index (χ1v) is 5.79. The van der Waals surface area contributed by atoms with Gasteiger partial charge in [0.25, 0.3) is 0 Å². The van der Waals surface area contributed by atoms with Crippen molar-refractivity contribution in [3.05, 3.63) is 27.0 Å². The van der Waals surface area contributed by atoms with Crippen LogP contribution in [0.5, 0.6) is 5.75 Å². The molecule has 1 unspecified atom stereocenters. The zero-order valence-corrected chi connectivity index (χ0v) is 11.4. The fourth-order valence-electron chi connectivity index (χ4n) is 1.49. The second-order valence-electron chi connectivity index (χ2n) is 3.45. The van der Waals surface area contributed by atoms with E-state index in [1.807, 2.05) is 0 Å². The summed E-state index contributed by atoms with van der Waals surface area (Å²) in [5.41, 5.74) is -0.989. The third-order valence-corrected chi connectivity index (χ3v) is 2.47. The predicted octanol–water partition coefficient (Wildman–Crippen LogP) is 1.82. The van der Waals surface area contributed by atoms with Crippen LogP contribution in [0.4, 0.5) is 5.69 Å². The number of nitriles is 1. The molecular formula is C11H10ClN3O5. The van der Waals surface area contributed by atoms with Gasteiger partial charge in [-0.05, 0) is 6.92 Å². The van der Waals surface area contributed by atoms with Gasteiger partial charge < -0.3 is 9.47 Å². The van der Waals surface area contributed by atoms with E-state index in [9.17, 15) is 14.9 Å². The third kappa shape index (κ3) is 3.13. The van der Waals surface area contributed by atoms with Gasteiger partial charge in [-0.3, -0.25) is 14.9 Å². The minimum atomic E-state index is -1.55. The Hall–Kier alpha value is -2.40. The number of hydrogen-bond acceptors (Lipinski definition) is 7. The van der Waals surface area contributed by atoms with E-state index >= 15 is 0 Å². The molecule has 106 valence electrons. The first-order chi connectivity index (χ1) is 9.46. The molecule has 0 aromatic carbocycles. The van der Waals surface area contributed by atoms with Crippen LogP contribution in [0.1, 0.15) is 18.5 Å². The van der Waals surface area contributed by atoms with Crippen LogP contribution >= 0.6 is 11.6 Å². The number of esters is 1. The molecule has 0 bridgehead atoms. The standard InChI is InChI=1S/C11H10ClN3O5/c1-3-20-11(16)6(5-13)9-10(15(17)18)7(19-2)4-8(12)14-9/h4,6H,3H2,1-2H3. The van der Waals surface area contributed by atoms with Crippen molar-refractivity contribution in [3.8, 4) is 11.8 Å².